The average Bonchev–Trinajstić information content (AvgIpc) is 3.59. The molecule has 9 rings (SSSR count). The second-order valence-corrected chi connectivity index (χ2v) is 21.5. The Hall–Kier alpha value is -6.94. The third kappa shape index (κ3) is 17.0. The van der Waals surface area contributed by atoms with Crippen molar-refractivity contribution in [3.05, 3.63) is 264 Å². The molecule has 0 radical (unpaired) electrons. The maximum atomic E-state index is 16.0. The van der Waals surface area contributed by atoms with Gasteiger partial charge in [0.1, 0.15) is 66.4 Å². The van der Waals surface area contributed by atoms with E-state index in [0.717, 1.165) is 16.7 Å². The molecule has 416 valence electrons. The third-order valence-electron chi connectivity index (χ3n) is 12.8. The van der Waals surface area contributed by atoms with Crippen LogP contribution in [0, 0.1) is 0 Å². The van der Waals surface area contributed by atoms with Gasteiger partial charge in [-0.05, 0) is 81.9 Å². The summed E-state index contributed by atoms with van der Waals surface area (Å²) in [5.41, 5.74) is 4.48. The highest BCUT2D eigenvalue weighted by Crippen LogP contribution is 2.57. The van der Waals surface area contributed by atoms with E-state index in [4.69, 9.17) is 60.3 Å². The van der Waals surface area contributed by atoms with Gasteiger partial charge in [-0.2, -0.15) is 0 Å². The zero-order valence-electron chi connectivity index (χ0n) is 44.4. The highest BCUT2D eigenvalue weighted by molar-refractivity contribution is 7.49. The molecule has 1 fully saturated rings. The second-order valence-electron chi connectivity index (χ2n) is 18.5. The van der Waals surface area contributed by atoms with Crippen molar-refractivity contribution in [3.8, 4) is 23.0 Å². The number of para-hydroxylation sites is 2. The molecule has 6 atom stereocenters. The molecule has 1 aliphatic carbocycles. The van der Waals surface area contributed by atoms with Gasteiger partial charge in [-0.1, -0.05) is 182 Å². The number of benzene rings is 8. The monoisotopic (exact) mass is 1120 g/mol. The minimum Gasteiger partial charge on any atom is -0.497 e. The van der Waals surface area contributed by atoms with E-state index < -0.39 is 52.3 Å². The quantitative estimate of drug-likeness (QED) is 0.0238. The SMILES string of the molecule is COc1ccc(CO[C@H]2[C@H](OCOCc3ccccc3)[C@H](OCc3ccccc3)[C@H](OP(=O)(Oc3ccccc3)Oc3ccccc3)[C@@H](OCc3ccc(OC)cc3)[C@@H]2OP(=O)(OCc2ccccc2)OCc2ccccc2)cc1. The van der Waals surface area contributed by atoms with Gasteiger partial charge in [0, 0.05) is 0 Å². The van der Waals surface area contributed by atoms with E-state index in [1.807, 2.05) is 158 Å². The summed E-state index contributed by atoms with van der Waals surface area (Å²) in [6, 6.07) is 69.2. The Labute approximate surface area is 467 Å². The summed E-state index contributed by atoms with van der Waals surface area (Å²) in [6.07, 6.45) is -8.40. The maximum Gasteiger partial charge on any atom is 0.588 e. The zero-order chi connectivity index (χ0) is 55.2. The number of ether oxygens (including phenoxy) is 7. The van der Waals surface area contributed by atoms with Crippen LogP contribution in [0.1, 0.15) is 33.4 Å². The van der Waals surface area contributed by atoms with Gasteiger partial charge in [-0.3, -0.25) is 18.1 Å². The molecule has 0 saturated heterocycles. The van der Waals surface area contributed by atoms with E-state index in [9.17, 15) is 0 Å². The van der Waals surface area contributed by atoms with Gasteiger partial charge in [-0.15, -0.1) is 0 Å². The number of phosphoric ester groups is 2. The Morgan fingerprint density at radius 1 is 0.300 bits per heavy atom. The summed E-state index contributed by atoms with van der Waals surface area (Å²) in [5.74, 6) is 1.60. The van der Waals surface area contributed by atoms with E-state index in [-0.39, 0.29) is 57.9 Å². The highest BCUT2D eigenvalue weighted by atomic mass is 31.2. The van der Waals surface area contributed by atoms with Crippen molar-refractivity contribution < 1.29 is 69.4 Å². The van der Waals surface area contributed by atoms with Crippen molar-refractivity contribution in [3.63, 3.8) is 0 Å². The molecular weight excluding hydrogens is 1060 g/mol. The van der Waals surface area contributed by atoms with E-state index in [2.05, 4.69) is 0 Å². The first-order valence-electron chi connectivity index (χ1n) is 26.0. The summed E-state index contributed by atoms with van der Waals surface area (Å²) in [4.78, 5) is 0. The van der Waals surface area contributed by atoms with Crippen LogP contribution in [0.3, 0.4) is 0 Å². The van der Waals surface area contributed by atoms with Gasteiger partial charge < -0.3 is 42.2 Å². The molecule has 0 N–H and O–H groups in total. The van der Waals surface area contributed by atoms with Crippen LogP contribution in [0.15, 0.2) is 231 Å². The Bertz CT molecular complexity index is 3040. The van der Waals surface area contributed by atoms with Crippen molar-refractivity contribution in [1.29, 1.82) is 0 Å². The van der Waals surface area contributed by atoms with Crippen LogP contribution in [0.5, 0.6) is 23.0 Å². The van der Waals surface area contributed by atoms with Gasteiger partial charge in [0.15, 0.2) is 0 Å². The normalized spacial score (nSPS) is 18.3. The van der Waals surface area contributed by atoms with Crippen LogP contribution in [0.25, 0.3) is 0 Å². The smallest absolute Gasteiger partial charge is 0.497 e. The fourth-order valence-corrected chi connectivity index (χ4v) is 11.5. The first-order valence-corrected chi connectivity index (χ1v) is 29.0. The summed E-state index contributed by atoms with van der Waals surface area (Å²) in [5, 5.41) is 0. The second kappa shape index (κ2) is 29.5. The minimum absolute atomic E-state index is 0.0136. The Kier molecular flexibility index (Phi) is 21.3. The molecule has 0 heterocycles. The molecule has 8 aromatic rings. The maximum absolute atomic E-state index is 16.0. The zero-order valence-corrected chi connectivity index (χ0v) is 46.2. The Morgan fingerprint density at radius 2 is 0.600 bits per heavy atom. The van der Waals surface area contributed by atoms with Crippen molar-refractivity contribution >= 4 is 15.6 Å². The molecule has 8 aromatic carbocycles. The predicted octanol–water partition coefficient (Wildman–Crippen LogP) is 13.9. The number of methoxy groups -OCH3 is 2. The molecular formula is C63H64O15P2. The molecule has 0 amide bonds. The molecule has 0 aliphatic heterocycles. The highest BCUT2D eigenvalue weighted by Gasteiger charge is 2.59. The fraction of sp³-hybridized carbons (Fsp3) is 0.238. The molecule has 1 aliphatic rings. The Morgan fingerprint density at radius 3 is 0.975 bits per heavy atom. The first kappa shape index (κ1) is 57.7. The lowest BCUT2D eigenvalue weighted by molar-refractivity contribution is -0.278. The molecule has 17 heteroatoms. The van der Waals surface area contributed by atoms with Crippen LogP contribution >= 0.6 is 15.6 Å². The number of phosphoric acid groups is 2. The summed E-state index contributed by atoms with van der Waals surface area (Å²) < 4.78 is 117. The van der Waals surface area contributed by atoms with Crippen LogP contribution in [0.2, 0.25) is 0 Å². The molecule has 80 heavy (non-hydrogen) atoms. The lowest BCUT2D eigenvalue weighted by Crippen LogP contribution is -2.67. The predicted molar refractivity (Wildman–Crippen MR) is 301 cm³/mol. The van der Waals surface area contributed by atoms with Crippen LogP contribution in [0.4, 0.5) is 0 Å². The third-order valence-corrected chi connectivity index (χ3v) is 15.5. The van der Waals surface area contributed by atoms with Crippen molar-refractivity contribution in [2.24, 2.45) is 0 Å². The number of hydrogen-bond donors (Lipinski definition) is 0. The van der Waals surface area contributed by atoms with Gasteiger partial charge >= 0.3 is 15.6 Å². The molecule has 1 saturated carbocycles. The van der Waals surface area contributed by atoms with Crippen molar-refractivity contribution in [1.82, 2.24) is 0 Å². The lowest BCUT2D eigenvalue weighted by atomic mass is 9.84. The summed E-state index contributed by atoms with van der Waals surface area (Å²) >= 11 is 0. The fourth-order valence-electron chi connectivity index (χ4n) is 8.71. The van der Waals surface area contributed by atoms with Gasteiger partial charge in [0.25, 0.3) is 0 Å². The van der Waals surface area contributed by atoms with Crippen LogP contribution < -0.4 is 18.5 Å². The van der Waals surface area contributed by atoms with Gasteiger partial charge in [0.05, 0.1) is 53.9 Å². The molecule has 0 bridgehead atoms. The van der Waals surface area contributed by atoms with E-state index in [0.29, 0.717) is 28.2 Å². The molecule has 0 unspecified atom stereocenters. The Balaban J connectivity index is 1.21. The van der Waals surface area contributed by atoms with E-state index in [1.54, 1.807) is 87.0 Å². The van der Waals surface area contributed by atoms with Crippen molar-refractivity contribution in [2.75, 3.05) is 21.0 Å². The summed E-state index contributed by atoms with van der Waals surface area (Å²) in [6.45, 7) is -0.691. The van der Waals surface area contributed by atoms with E-state index >= 15 is 9.13 Å². The lowest BCUT2D eigenvalue weighted by Gasteiger charge is -2.49. The average molecular weight is 1120 g/mol. The van der Waals surface area contributed by atoms with Crippen molar-refractivity contribution in [2.45, 2.75) is 76.3 Å². The summed E-state index contributed by atoms with van der Waals surface area (Å²) in [7, 11) is -6.50. The number of hydrogen-bond acceptors (Lipinski definition) is 15. The molecule has 0 spiro atoms. The van der Waals surface area contributed by atoms with Gasteiger partial charge in [-0.25, -0.2) is 9.13 Å². The van der Waals surface area contributed by atoms with Crippen LogP contribution in [-0.4, -0.2) is 57.6 Å². The van der Waals surface area contributed by atoms with Gasteiger partial charge in [0.2, 0.25) is 0 Å². The standard InChI is InChI=1S/C63H64O15P2/c1-66-54-37-33-52(34-38-54)43-70-59-58(72-47-68-41-48-21-9-3-10-22-48)60(69-42-49-23-11-4-12-24-49)63(78-80(65,75-56-29-17-7-18-30-56)76-57-31-19-8-20-32-57)61(71-44-53-35-39-55(67-2)40-36-53)62(59)77-79(64,73-45-50-25-13-5-14-26-50)74-46-51-27-15-6-16-28-51/h3-40,58-63H,41-47H2,1-2H3/t58-,59-,60-,61-,62+,63-/m0/s1. The first-order chi connectivity index (χ1) is 39.2. The topological polar surface area (TPSA) is 154 Å². The number of rotatable bonds is 30. The molecule has 15 nitrogen and oxygen atoms in total. The largest absolute Gasteiger partial charge is 0.588 e. The molecule has 0 aromatic heterocycles. The minimum atomic E-state index is -4.88. The van der Waals surface area contributed by atoms with E-state index in [1.165, 1.54) is 0 Å². The van der Waals surface area contributed by atoms with Crippen LogP contribution in [-0.2, 0) is 90.6 Å².